The number of hydrogen-bond donors (Lipinski definition) is 0. The van der Waals surface area contributed by atoms with E-state index in [1.807, 2.05) is 12.1 Å². The summed E-state index contributed by atoms with van der Waals surface area (Å²) in [5, 5.41) is 8.59. The number of nitrogens with zero attached hydrogens (tertiary/aromatic N) is 1. The van der Waals surface area contributed by atoms with Crippen LogP contribution in [0.25, 0.3) is 6.08 Å². The highest BCUT2D eigenvalue weighted by atomic mass is 14.3. The molecule has 0 amide bonds. The average Bonchev–Trinajstić information content (AvgIpc) is 2.64. The van der Waals surface area contributed by atoms with Crippen LogP contribution in [-0.4, -0.2) is 0 Å². The first-order valence-corrected chi connectivity index (χ1v) is 9.99. The van der Waals surface area contributed by atoms with E-state index in [1.54, 1.807) is 6.08 Å². The van der Waals surface area contributed by atoms with Crippen LogP contribution in [0.1, 0.15) is 94.6 Å². The van der Waals surface area contributed by atoms with Gasteiger partial charge in [0.2, 0.25) is 0 Å². The fraction of sp³-hybridized carbons (Fsp3) is 0.609. The van der Waals surface area contributed by atoms with Gasteiger partial charge >= 0.3 is 0 Å². The zero-order valence-electron chi connectivity index (χ0n) is 15.3. The Morgan fingerprint density at radius 2 is 1.62 bits per heavy atom. The molecule has 1 aromatic rings. The molecule has 0 spiro atoms. The topological polar surface area (TPSA) is 23.8 Å². The maximum Gasteiger partial charge on any atom is 0.0912 e. The predicted octanol–water partition coefficient (Wildman–Crippen LogP) is 7.25. The van der Waals surface area contributed by atoms with Crippen LogP contribution in [0.2, 0.25) is 0 Å². The quantitative estimate of drug-likeness (QED) is 0.347. The Bertz CT molecular complexity index is 512. The molecule has 24 heavy (non-hydrogen) atoms. The number of hydrogen-bond acceptors (Lipinski definition) is 1. The third-order valence-electron chi connectivity index (χ3n) is 5.57. The molecule has 0 aromatic heterocycles. The van der Waals surface area contributed by atoms with E-state index in [0.29, 0.717) is 0 Å². The normalized spacial score (nSPS) is 21.0. The molecule has 1 aliphatic carbocycles. The summed E-state index contributed by atoms with van der Waals surface area (Å²) in [6, 6.07) is 10.9. The molecule has 0 N–H and O–H groups in total. The highest BCUT2D eigenvalue weighted by Crippen LogP contribution is 2.37. The smallest absolute Gasteiger partial charge is 0.0912 e. The first-order valence-electron chi connectivity index (χ1n) is 9.99. The molecule has 1 nitrogen and oxygen atoms in total. The zero-order chi connectivity index (χ0) is 17.0. The number of nitriles is 1. The molecule has 1 aliphatic rings. The molecule has 0 unspecified atom stereocenters. The van der Waals surface area contributed by atoms with E-state index in [4.69, 9.17) is 5.26 Å². The van der Waals surface area contributed by atoms with Gasteiger partial charge in [-0.25, -0.2) is 0 Å². The molecule has 0 radical (unpaired) electrons. The van der Waals surface area contributed by atoms with E-state index in [0.717, 1.165) is 17.4 Å². The number of benzene rings is 1. The Hall–Kier alpha value is -1.55. The molecule has 1 fully saturated rings. The number of rotatable bonds is 9. The lowest BCUT2D eigenvalue weighted by Crippen LogP contribution is -2.13. The van der Waals surface area contributed by atoms with Crippen molar-refractivity contribution in [3.05, 3.63) is 41.5 Å². The van der Waals surface area contributed by atoms with Crippen LogP contribution in [-0.2, 0) is 0 Å². The second kappa shape index (κ2) is 11.1. The van der Waals surface area contributed by atoms with Gasteiger partial charge in [-0.05, 0) is 54.7 Å². The Morgan fingerprint density at radius 1 is 0.958 bits per heavy atom. The van der Waals surface area contributed by atoms with E-state index in [1.165, 1.54) is 76.2 Å². The van der Waals surface area contributed by atoms with Gasteiger partial charge in [-0.3, -0.25) is 0 Å². The fourth-order valence-electron chi connectivity index (χ4n) is 4.01. The Morgan fingerprint density at radius 3 is 2.29 bits per heavy atom. The summed E-state index contributed by atoms with van der Waals surface area (Å²) in [4.78, 5) is 0. The standard InChI is InChI=1S/C23H33N/c1-2-3-4-5-6-7-9-20-11-15-22(16-12-20)23-17-13-21(14-18-23)10-8-19-24/h8,10,13-14,17-18,20,22H,2-7,9,11-12,15-16H2,1H3/t20-,22-. The van der Waals surface area contributed by atoms with E-state index in [9.17, 15) is 0 Å². The fourth-order valence-corrected chi connectivity index (χ4v) is 4.01. The summed E-state index contributed by atoms with van der Waals surface area (Å²) in [7, 11) is 0. The highest BCUT2D eigenvalue weighted by molar-refractivity contribution is 5.52. The first kappa shape index (κ1) is 18.8. The van der Waals surface area contributed by atoms with Crippen molar-refractivity contribution >= 4 is 6.08 Å². The molecular weight excluding hydrogens is 290 g/mol. The van der Waals surface area contributed by atoms with Gasteiger partial charge in [0.15, 0.2) is 0 Å². The van der Waals surface area contributed by atoms with Crippen molar-refractivity contribution < 1.29 is 0 Å². The second-order valence-corrected chi connectivity index (χ2v) is 7.40. The van der Waals surface area contributed by atoms with E-state index in [2.05, 4.69) is 31.2 Å². The van der Waals surface area contributed by atoms with Crippen LogP contribution in [0.15, 0.2) is 30.3 Å². The lowest BCUT2D eigenvalue weighted by Gasteiger charge is -2.29. The third-order valence-corrected chi connectivity index (χ3v) is 5.57. The van der Waals surface area contributed by atoms with Crippen molar-refractivity contribution in [2.24, 2.45) is 5.92 Å². The highest BCUT2D eigenvalue weighted by Gasteiger charge is 2.21. The molecular formula is C23H33N. The van der Waals surface area contributed by atoms with E-state index in [-0.39, 0.29) is 0 Å². The Kier molecular flexibility index (Phi) is 8.67. The van der Waals surface area contributed by atoms with Gasteiger partial charge in [-0.2, -0.15) is 5.26 Å². The molecule has 1 saturated carbocycles. The maximum absolute atomic E-state index is 8.59. The molecule has 1 aromatic carbocycles. The van der Waals surface area contributed by atoms with Crippen LogP contribution in [0.5, 0.6) is 0 Å². The lowest BCUT2D eigenvalue weighted by atomic mass is 9.77. The molecule has 0 aliphatic heterocycles. The third kappa shape index (κ3) is 6.52. The first-order chi connectivity index (χ1) is 11.8. The minimum absolute atomic E-state index is 0.750. The molecule has 2 rings (SSSR count). The summed E-state index contributed by atoms with van der Waals surface area (Å²) in [6.07, 6.45) is 18.9. The molecule has 1 heteroatoms. The van der Waals surface area contributed by atoms with Gasteiger partial charge < -0.3 is 0 Å². The van der Waals surface area contributed by atoms with Gasteiger partial charge in [0, 0.05) is 6.08 Å². The van der Waals surface area contributed by atoms with Gasteiger partial charge in [0.05, 0.1) is 6.07 Å². The van der Waals surface area contributed by atoms with Gasteiger partial charge in [-0.1, -0.05) is 76.1 Å². The second-order valence-electron chi connectivity index (χ2n) is 7.40. The maximum atomic E-state index is 8.59. The molecule has 0 saturated heterocycles. The lowest BCUT2D eigenvalue weighted by molar-refractivity contribution is 0.302. The molecule has 0 heterocycles. The summed E-state index contributed by atoms with van der Waals surface area (Å²) < 4.78 is 0. The van der Waals surface area contributed by atoms with E-state index >= 15 is 0 Å². The van der Waals surface area contributed by atoms with Crippen LogP contribution < -0.4 is 0 Å². The minimum Gasteiger partial charge on any atom is -0.193 e. The SMILES string of the molecule is CCCCCCCC[C@H]1CC[C@H](c2ccc(C=CC#N)cc2)CC1. The minimum atomic E-state index is 0.750. The zero-order valence-corrected chi connectivity index (χ0v) is 15.3. The van der Waals surface area contributed by atoms with Gasteiger partial charge in [0.1, 0.15) is 0 Å². The van der Waals surface area contributed by atoms with Crippen LogP contribution in [0, 0.1) is 17.2 Å². The van der Waals surface area contributed by atoms with Crippen LogP contribution >= 0.6 is 0 Å². The van der Waals surface area contributed by atoms with Crippen molar-refractivity contribution in [3.63, 3.8) is 0 Å². The molecule has 0 bridgehead atoms. The van der Waals surface area contributed by atoms with Crippen molar-refractivity contribution in [2.45, 2.75) is 83.5 Å². The van der Waals surface area contributed by atoms with Gasteiger partial charge in [0.25, 0.3) is 0 Å². The number of allylic oxidation sites excluding steroid dienone is 1. The molecule has 0 atom stereocenters. The monoisotopic (exact) mass is 323 g/mol. The largest absolute Gasteiger partial charge is 0.193 e. The predicted molar refractivity (Wildman–Crippen MR) is 104 cm³/mol. The van der Waals surface area contributed by atoms with Crippen LogP contribution in [0.3, 0.4) is 0 Å². The van der Waals surface area contributed by atoms with E-state index < -0.39 is 0 Å². The van der Waals surface area contributed by atoms with Crippen LogP contribution in [0.4, 0.5) is 0 Å². The van der Waals surface area contributed by atoms with Crippen molar-refractivity contribution in [2.75, 3.05) is 0 Å². The average molecular weight is 324 g/mol. The van der Waals surface area contributed by atoms with Crippen molar-refractivity contribution in [1.29, 1.82) is 5.26 Å². The summed E-state index contributed by atoms with van der Waals surface area (Å²) in [6.45, 7) is 2.29. The summed E-state index contributed by atoms with van der Waals surface area (Å²) in [5.41, 5.74) is 2.61. The number of unbranched alkanes of at least 4 members (excludes halogenated alkanes) is 5. The van der Waals surface area contributed by atoms with Crippen molar-refractivity contribution in [1.82, 2.24) is 0 Å². The Labute approximate surface area is 148 Å². The summed E-state index contributed by atoms with van der Waals surface area (Å²) >= 11 is 0. The summed E-state index contributed by atoms with van der Waals surface area (Å²) in [5.74, 6) is 1.73. The Balaban J connectivity index is 1.67. The van der Waals surface area contributed by atoms with Gasteiger partial charge in [-0.15, -0.1) is 0 Å². The van der Waals surface area contributed by atoms with Crippen molar-refractivity contribution in [3.8, 4) is 6.07 Å². The molecule has 130 valence electrons.